The number of aromatic nitrogens is 1. The van der Waals surface area contributed by atoms with Crippen molar-refractivity contribution in [3.05, 3.63) is 22.5 Å². The third-order valence-electron chi connectivity index (χ3n) is 5.68. The van der Waals surface area contributed by atoms with E-state index in [9.17, 15) is 14.4 Å². The van der Waals surface area contributed by atoms with E-state index in [0.717, 1.165) is 50.3 Å². The summed E-state index contributed by atoms with van der Waals surface area (Å²) in [6.45, 7) is 10.6. The quantitative estimate of drug-likeness (QED) is 0.703. The highest BCUT2D eigenvalue weighted by molar-refractivity contribution is 6.05. The first-order valence-electron chi connectivity index (χ1n) is 9.78. The number of aromatic amines is 1. The molecular formula is C20H30N4O3. The van der Waals surface area contributed by atoms with Crippen molar-refractivity contribution < 1.29 is 14.4 Å². The Bertz CT molecular complexity index is 743. The summed E-state index contributed by atoms with van der Waals surface area (Å²) >= 11 is 0. The molecular weight excluding hydrogens is 344 g/mol. The van der Waals surface area contributed by atoms with Crippen molar-refractivity contribution in [2.75, 3.05) is 32.7 Å². The number of aryl methyl sites for hydroxylation is 1. The zero-order valence-electron chi connectivity index (χ0n) is 16.7. The fourth-order valence-corrected chi connectivity index (χ4v) is 3.91. The Morgan fingerprint density at radius 1 is 1.15 bits per heavy atom. The van der Waals surface area contributed by atoms with E-state index in [1.54, 1.807) is 0 Å². The van der Waals surface area contributed by atoms with Gasteiger partial charge in [0.05, 0.1) is 18.3 Å². The molecule has 2 aliphatic rings. The summed E-state index contributed by atoms with van der Waals surface area (Å²) in [5.41, 5.74) is 2.66. The second-order valence-electron chi connectivity index (χ2n) is 7.88. The van der Waals surface area contributed by atoms with Crippen LogP contribution in [0.15, 0.2) is 0 Å². The summed E-state index contributed by atoms with van der Waals surface area (Å²) in [5.74, 6) is 0.0957. The molecule has 1 aromatic rings. The van der Waals surface area contributed by atoms with Gasteiger partial charge in [-0.05, 0) is 46.1 Å². The lowest BCUT2D eigenvalue weighted by Crippen LogP contribution is -2.53. The van der Waals surface area contributed by atoms with Crippen molar-refractivity contribution in [3.63, 3.8) is 0 Å². The summed E-state index contributed by atoms with van der Waals surface area (Å²) in [5, 5.41) is 3.02. The number of H-pyrrole nitrogens is 1. The van der Waals surface area contributed by atoms with E-state index in [1.165, 1.54) is 6.92 Å². The molecule has 1 aromatic heterocycles. The summed E-state index contributed by atoms with van der Waals surface area (Å²) in [4.78, 5) is 44.1. The number of carbonyl (C=O) groups excluding carboxylic acids is 3. The zero-order valence-corrected chi connectivity index (χ0v) is 16.7. The maximum atomic E-state index is 13.0. The molecule has 1 aliphatic heterocycles. The molecule has 2 fully saturated rings. The van der Waals surface area contributed by atoms with Crippen LogP contribution in [0.4, 0.5) is 0 Å². The lowest BCUT2D eigenvalue weighted by Gasteiger charge is -2.37. The molecule has 148 valence electrons. The van der Waals surface area contributed by atoms with Gasteiger partial charge in [0.15, 0.2) is 11.6 Å². The number of ketones is 2. The molecule has 27 heavy (non-hydrogen) atoms. The molecule has 0 aromatic carbocycles. The van der Waals surface area contributed by atoms with Crippen molar-refractivity contribution in [3.8, 4) is 0 Å². The number of hydrogen-bond acceptors (Lipinski definition) is 5. The highest BCUT2D eigenvalue weighted by atomic mass is 16.2. The van der Waals surface area contributed by atoms with Gasteiger partial charge in [0.1, 0.15) is 0 Å². The average molecular weight is 374 g/mol. The second-order valence-corrected chi connectivity index (χ2v) is 7.88. The molecule has 1 saturated heterocycles. The fourth-order valence-electron chi connectivity index (χ4n) is 3.91. The summed E-state index contributed by atoms with van der Waals surface area (Å²) in [7, 11) is 0. The first-order chi connectivity index (χ1) is 12.8. The number of Topliss-reactive ketones (excluding diaryl/α,β-unsaturated/α-hetero) is 2. The number of nitrogens with zero attached hydrogens (tertiary/aromatic N) is 2. The lowest BCUT2D eigenvalue weighted by molar-refractivity contribution is -0.122. The van der Waals surface area contributed by atoms with Gasteiger partial charge < -0.3 is 10.3 Å². The Morgan fingerprint density at radius 2 is 1.78 bits per heavy atom. The maximum Gasteiger partial charge on any atom is 0.234 e. The van der Waals surface area contributed by atoms with Gasteiger partial charge in [0.25, 0.3) is 0 Å². The number of rotatable bonds is 7. The molecule has 0 bridgehead atoms. The van der Waals surface area contributed by atoms with Crippen LogP contribution < -0.4 is 5.32 Å². The molecule has 2 N–H and O–H groups in total. The molecule has 1 saturated carbocycles. The van der Waals surface area contributed by atoms with Gasteiger partial charge in [0.2, 0.25) is 5.91 Å². The molecule has 3 rings (SSSR count). The fraction of sp³-hybridized carbons (Fsp3) is 0.650. The molecule has 0 radical (unpaired) electrons. The molecule has 1 aliphatic carbocycles. The average Bonchev–Trinajstić information content (AvgIpc) is 3.37. The van der Waals surface area contributed by atoms with Crippen LogP contribution in [0, 0.1) is 13.8 Å². The molecule has 7 nitrogen and oxygen atoms in total. The van der Waals surface area contributed by atoms with Crippen LogP contribution in [-0.2, 0) is 4.79 Å². The Hall–Kier alpha value is -1.99. The Morgan fingerprint density at radius 3 is 2.30 bits per heavy atom. The highest BCUT2D eigenvalue weighted by Gasteiger charge is 2.30. The first kappa shape index (κ1) is 19.8. The molecule has 0 unspecified atom stereocenters. The molecule has 7 heteroatoms. The van der Waals surface area contributed by atoms with Gasteiger partial charge in [-0.25, -0.2) is 0 Å². The molecule has 1 atom stereocenters. The lowest BCUT2D eigenvalue weighted by atomic mass is 10.0. The van der Waals surface area contributed by atoms with Crippen LogP contribution in [0.25, 0.3) is 0 Å². The summed E-state index contributed by atoms with van der Waals surface area (Å²) < 4.78 is 0. The third kappa shape index (κ3) is 4.47. The molecule has 1 amide bonds. The number of hydrogen-bond donors (Lipinski definition) is 2. The van der Waals surface area contributed by atoms with E-state index in [2.05, 4.69) is 20.1 Å². The van der Waals surface area contributed by atoms with E-state index in [-0.39, 0.29) is 23.5 Å². The largest absolute Gasteiger partial charge is 0.355 e. The minimum Gasteiger partial charge on any atom is -0.355 e. The van der Waals surface area contributed by atoms with Crippen molar-refractivity contribution in [2.45, 2.75) is 52.6 Å². The summed E-state index contributed by atoms with van der Waals surface area (Å²) in [6, 6.07) is 0.132. The summed E-state index contributed by atoms with van der Waals surface area (Å²) in [6.07, 6.45) is 2.20. The topological polar surface area (TPSA) is 85.5 Å². The molecule has 0 spiro atoms. The van der Waals surface area contributed by atoms with Crippen LogP contribution in [0.2, 0.25) is 0 Å². The van der Waals surface area contributed by atoms with E-state index >= 15 is 0 Å². The Labute approximate surface area is 160 Å². The number of nitrogens with one attached hydrogen (secondary N) is 2. The van der Waals surface area contributed by atoms with E-state index in [1.807, 2.05) is 20.8 Å². The minimum absolute atomic E-state index is 0.0167. The van der Waals surface area contributed by atoms with Gasteiger partial charge in [0, 0.05) is 43.5 Å². The minimum atomic E-state index is -0.260. The van der Waals surface area contributed by atoms with Crippen molar-refractivity contribution in [2.24, 2.45) is 0 Å². The van der Waals surface area contributed by atoms with E-state index in [0.29, 0.717) is 23.8 Å². The normalized spacial score (nSPS) is 19.7. The van der Waals surface area contributed by atoms with Gasteiger partial charge in [-0.15, -0.1) is 0 Å². The van der Waals surface area contributed by atoms with Crippen LogP contribution in [0.5, 0.6) is 0 Å². The van der Waals surface area contributed by atoms with Crippen LogP contribution in [0.3, 0.4) is 0 Å². The smallest absolute Gasteiger partial charge is 0.234 e. The van der Waals surface area contributed by atoms with Crippen LogP contribution in [0.1, 0.15) is 58.8 Å². The number of carbonyl (C=O) groups is 3. The maximum absolute atomic E-state index is 13.0. The Balaban J connectivity index is 1.56. The predicted molar refractivity (Wildman–Crippen MR) is 103 cm³/mol. The third-order valence-corrected chi connectivity index (χ3v) is 5.68. The zero-order chi connectivity index (χ0) is 19.7. The van der Waals surface area contributed by atoms with Gasteiger partial charge >= 0.3 is 0 Å². The van der Waals surface area contributed by atoms with E-state index in [4.69, 9.17) is 0 Å². The van der Waals surface area contributed by atoms with Gasteiger partial charge in [-0.3, -0.25) is 24.2 Å². The molecule has 2 heterocycles. The standard InChI is InChI=1S/C20H30N4O3/c1-12-18(15(4)25)13(2)21-19(12)20(27)14(3)24-9-7-23(8-10-24)11-17(26)22-16-5-6-16/h14,16,21H,5-11H2,1-4H3,(H,22,26)/t14-/m1/s1. The van der Waals surface area contributed by atoms with Crippen molar-refractivity contribution >= 4 is 17.5 Å². The van der Waals surface area contributed by atoms with E-state index < -0.39 is 0 Å². The SMILES string of the molecule is CC(=O)c1c(C)[nH]c(C(=O)[C@@H](C)N2CCN(CC(=O)NC3CC3)CC2)c1C. The first-order valence-corrected chi connectivity index (χ1v) is 9.78. The van der Waals surface area contributed by atoms with Crippen molar-refractivity contribution in [1.29, 1.82) is 0 Å². The van der Waals surface area contributed by atoms with Crippen molar-refractivity contribution in [1.82, 2.24) is 20.1 Å². The second kappa shape index (κ2) is 7.94. The monoisotopic (exact) mass is 374 g/mol. The predicted octanol–water partition coefficient (Wildman–Crippen LogP) is 1.30. The number of amides is 1. The Kier molecular flexibility index (Phi) is 5.81. The van der Waals surface area contributed by atoms with Crippen LogP contribution in [-0.4, -0.2) is 77.1 Å². The van der Waals surface area contributed by atoms with Crippen LogP contribution >= 0.6 is 0 Å². The highest BCUT2D eigenvalue weighted by Crippen LogP contribution is 2.21. The number of piperazine rings is 1. The van der Waals surface area contributed by atoms with Gasteiger partial charge in [-0.2, -0.15) is 0 Å². The van der Waals surface area contributed by atoms with Gasteiger partial charge in [-0.1, -0.05) is 0 Å².